The maximum absolute atomic E-state index is 5.72. The Kier molecular flexibility index (Phi) is 10.0. The molecule has 1 aromatic rings. The Hall–Kier alpha value is -1.06. The second-order valence-electron chi connectivity index (χ2n) is 5.59. The lowest BCUT2D eigenvalue weighted by atomic mass is 9.94. The summed E-state index contributed by atoms with van der Waals surface area (Å²) in [7, 11) is 1.75. The molecule has 1 aromatic heterocycles. The zero-order valence-corrected chi connectivity index (χ0v) is 16.6. The fourth-order valence-corrected chi connectivity index (χ4v) is 2.50. The average molecular weight is 449 g/mol. The van der Waals surface area contributed by atoms with Gasteiger partial charge in [0.15, 0.2) is 5.96 Å². The van der Waals surface area contributed by atoms with E-state index in [-0.39, 0.29) is 29.6 Å². The molecule has 0 amide bonds. The van der Waals surface area contributed by atoms with Crippen molar-refractivity contribution < 1.29 is 13.9 Å². The minimum atomic E-state index is -0.220. The molecule has 1 fully saturated rings. The highest BCUT2D eigenvalue weighted by Gasteiger charge is 2.32. The summed E-state index contributed by atoms with van der Waals surface area (Å²) in [4.78, 5) is 4.68. The summed E-state index contributed by atoms with van der Waals surface area (Å²) < 4.78 is 16.5. The molecule has 0 unspecified atom stereocenters. The van der Waals surface area contributed by atoms with Crippen molar-refractivity contribution in [2.45, 2.75) is 24.9 Å². The van der Waals surface area contributed by atoms with Crippen molar-refractivity contribution in [1.29, 1.82) is 0 Å². The van der Waals surface area contributed by atoms with Crippen LogP contribution in [0.1, 0.15) is 18.6 Å². The molecular weight excluding hydrogens is 421 g/mol. The summed E-state index contributed by atoms with van der Waals surface area (Å²) in [6, 6.07) is 3.87. The van der Waals surface area contributed by atoms with Gasteiger partial charge in [-0.25, -0.2) is 0 Å². The Morgan fingerprint density at radius 2 is 2.21 bits per heavy atom. The fraction of sp³-hybridized carbons (Fsp3) is 0.588. The van der Waals surface area contributed by atoms with Gasteiger partial charge in [0, 0.05) is 52.7 Å². The lowest BCUT2D eigenvalue weighted by molar-refractivity contribution is -0.0828. The molecule has 0 saturated carbocycles. The van der Waals surface area contributed by atoms with Gasteiger partial charge in [-0.1, -0.05) is 6.08 Å². The van der Waals surface area contributed by atoms with Gasteiger partial charge in [-0.2, -0.15) is 0 Å². The molecular formula is C17H28IN3O3. The van der Waals surface area contributed by atoms with Crippen LogP contribution in [0.15, 0.2) is 40.5 Å². The third-order valence-electron chi connectivity index (χ3n) is 4.02. The molecule has 0 spiro atoms. The van der Waals surface area contributed by atoms with Gasteiger partial charge in [-0.3, -0.25) is 4.99 Å². The molecule has 24 heavy (non-hydrogen) atoms. The molecule has 2 rings (SSSR count). The smallest absolute Gasteiger partial charge is 0.191 e. The van der Waals surface area contributed by atoms with Crippen LogP contribution >= 0.6 is 24.0 Å². The summed E-state index contributed by atoms with van der Waals surface area (Å²) in [6.45, 7) is 7.21. The predicted molar refractivity (Wildman–Crippen MR) is 106 cm³/mol. The summed E-state index contributed by atoms with van der Waals surface area (Å²) >= 11 is 0. The van der Waals surface area contributed by atoms with E-state index < -0.39 is 0 Å². The third-order valence-corrected chi connectivity index (χ3v) is 4.02. The molecule has 2 N–H and O–H groups in total. The van der Waals surface area contributed by atoms with Crippen LogP contribution in [0.4, 0.5) is 0 Å². The highest BCUT2D eigenvalue weighted by atomic mass is 127. The fourth-order valence-electron chi connectivity index (χ4n) is 2.50. The van der Waals surface area contributed by atoms with Gasteiger partial charge in [-0.05, 0) is 12.1 Å². The van der Waals surface area contributed by atoms with E-state index in [4.69, 9.17) is 13.9 Å². The van der Waals surface area contributed by atoms with E-state index in [0.29, 0.717) is 13.1 Å². The number of nitrogens with zero attached hydrogens (tertiary/aromatic N) is 1. The van der Waals surface area contributed by atoms with Crippen LogP contribution in [0.3, 0.4) is 0 Å². The van der Waals surface area contributed by atoms with E-state index in [1.165, 1.54) is 0 Å². The molecule has 0 bridgehead atoms. The van der Waals surface area contributed by atoms with E-state index in [1.807, 2.05) is 18.2 Å². The molecule has 1 aliphatic rings. The van der Waals surface area contributed by atoms with Crippen LogP contribution in [0.5, 0.6) is 0 Å². The molecule has 0 aromatic carbocycles. The van der Waals surface area contributed by atoms with E-state index >= 15 is 0 Å². The minimum absolute atomic E-state index is 0. The topological polar surface area (TPSA) is 68.0 Å². The Morgan fingerprint density at radius 1 is 1.42 bits per heavy atom. The highest BCUT2D eigenvalue weighted by Crippen LogP contribution is 2.24. The summed E-state index contributed by atoms with van der Waals surface area (Å²) in [5, 5.41) is 6.55. The van der Waals surface area contributed by atoms with E-state index in [1.54, 1.807) is 13.4 Å². The van der Waals surface area contributed by atoms with Gasteiger partial charge >= 0.3 is 0 Å². The quantitative estimate of drug-likeness (QED) is 0.276. The Bertz CT molecular complexity index is 485. The molecule has 1 aliphatic heterocycles. The second-order valence-corrected chi connectivity index (χ2v) is 5.59. The monoisotopic (exact) mass is 449 g/mol. The Morgan fingerprint density at radius 3 is 2.83 bits per heavy atom. The van der Waals surface area contributed by atoms with Gasteiger partial charge in [-0.15, -0.1) is 30.6 Å². The SMILES string of the molecule is C=CCNC(=NCC1(OC)CCOCC1)NCCc1ccco1.I. The number of methoxy groups -OCH3 is 1. The lowest BCUT2D eigenvalue weighted by Gasteiger charge is -2.34. The zero-order valence-electron chi connectivity index (χ0n) is 14.3. The summed E-state index contributed by atoms with van der Waals surface area (Å²) in [5.41, 5.74) is -0.220. The van der Waals surface area contributed by atoms with Gasteiger partial charge in [0.05, 0.1) is 18.4 Å². The van der Waals surface area contributed by atoms with Crippen molar-refractivity contribution in [3.05, 3.63) is 36.8 Å². The molecule has 0 atom stereocenters. The standard InChI is InChI=1S/C17H27N3O3.HI/c1-3-9-18-16(19-10-6-15-5-4-11-23-15)20-14-17(21-2)7-12-22-13-8-17;/h3-5,11H,1,6-10,12-14H2,2H3,(H2,18,19,20);1H. The number of halogens is 1. The first-order chi connectivity index (χ1) is 11.3. The van der Waals surface area contributed by atoms with Crippen molar-refractivity contribution >= 4 is 29.9 Å². The number of ether oxygens (including phenoxy) is 2. The van der Waals surface area contributed by atoms with Gasteiger partial charge in [0.1, 0.15) is 5.76 Å². The number of aliphatic imine (C=N–C) groups is 1. The predicted octanol–water partition coefficient (Wildman–Crippen LogP) is 2.36. The number of nitrogens with one attached hydrogen (secondary N) is 2. The van der Waals surface area contributed by atoms with E-state index in [9.17, 15) is 0 Å². The van der Waals surface area contributed by atoms with E-state index in [2.05, 4.69) is 22.2 Å². The first kappa shape index (κ1) is 21.0. The number of guanidine groups is 1. The van der Waals surface area contributed by atoms with Crippen LogP contribution in [0, 0.1) is 0 Å². The third kappa shape index (κ3) is 6.82. The lowest BCUT2D eigenvalue weighted by Crippen LogP contribution is -2.44. The first-order valence-corrected chi connectivity index (χ1v) is 8.06. The number of furan rings is 1. The first-order valence-electron chi connectivity index (χ1n) is 8.06. The summed E-state index contributed by atoms with van der Waals surface area (Å²) in [6.07, 6.45) is 6.05. The normalized spacial score (nSPS) is 17.0. The zero-order chi connectivity index (χ0) is 16.4. The molecule has 0 aliphatic carbocycles. The molecule has 1 saturated heterocycles. The van der Waals surface area contributed by atoms with Crippen molar-refractivity contribution in [1.82, 2.24) is 10.6 Å². The van der Waals surface area contributed by atoms with Crippen LogP contribution < -0.4 is 10.6 Å². The van der Waals surface area contributed by atoms with Crippen molar-refractivity contribution in [2.75, 3.05) is 40.0 Å². The number of hydrogen-bond acceptors (Lipinski definition) is 4. The van der Waals surface area contributed by atoms with Gasteiger partial charge in [0.25, 0.3) is 0 Å². The van der Waals surface area contributed by atoms with Crippen LogP contribution in [0.25, 0.3) is 0 Å². The van der Waals surface area contributed by atoms with Crippen LogP contribution in [-0.4, -0.2) is 51.5 Å². The average Bonchev–Trinajstić information content (AvgIpc) is 3.11. The van der Waals surface area contributed by atoms with Crippen molar-refractivity contribution in [3.63, 3.8) is 0 Å². The minimum Gasteiger partial charge on any atom is -0.469 e. The molecule has 0 radical (unpaired) electrons. The highest BCUT2D eigenvalue weighted by molar-refractivity contribution is 14.0. The van der Waals surface area contributed by atoms with Crippen LogP contribution in [-0.2, 0) is 15.9 Å². The van der Waals surface area contributed by atoms with Gasteiger partial charge < -0.3 is 24.5 Å². The summed E-state index contributed by atoms with van der Waals surface area (Å²) in [5.74, 6) is 1.72. The molecule has 2 heterocycles. The van der Waals surface area contributed by atoms with E-state index in [0.717, 1.165) is 50.7 Å². The van der Waals surface area contributed by atoms with Crippen LogP contribution in [0.2, 0.25) is 0 Å². The maximum atomic E-state index is 5.72. The number of hydrogen-bond donors (Lipinski definition) is 2. The largest absolute Gasteiger partial charge is 0.469 e. The molecule has 7 heteroatoms. The number of rotatable bonds is 8. The molecule has 6 nitrogen and oxygen atoms in total. The van der Waals surface area contributed by atoms with Crippen molar-refractivity contribution in [3.8, 4) is 0 Å². The Balaban J connectivity index is 0.00000288. The Labute approximate surface area is 161 Å². The van der Waals surface area contributed by atoms with Crippen molar-refractivity contribution in [2.24, 2.45) is 4.99 Å². The molecule has 136 valence electrons. The maximum Gasteiger partial charge on any atom is 0.191 e. The van der Waals surface area contributed by atoms with Gasteiger partial charge in [0.2, 0.25) is 0 Å². The second kappa shape index (κ2) is 11.5.